The first-order valence-corrected chi connectivity index (χ1v) is 9.02. The van der Waals surface area contributed by atoms with Crippen LogP contribution in [0.15, 0.2) is 73.0 Å². The van der Waals surface area contributed by atoms with E-state index in [2.05, 4.69) is 6.58 Å². The Morgan fingerprint density at radius 1 is 0.963 bits per heavy atom. The first-order valence-electron chi connectivity index (χ1n) is 9.02. The average Bonchev–Trinajstić information content (AvgIpc) is 3.13. The Bertz CT molecular complexity index is 807. The van der Waals surface area contributed by atoms with Crippen LogP contribution in [0.2, 0.25) is 0 Å². The van der Waals surface area contributed by atoms with Gasteiger partial charge in [-0.1, -0.05) is 67.2 Å². The van der Waals surface area contributed by atoms with Crippen molar-refractivity contribution in [1.82, 2.24) is 4.90 Å². The van der Waals surface area contributed by atoms with Crippen molar-refractivity contribution in [2.45, 2.75) is 25.9 Å². The molecule has 2 fully saturated rings. The Kier molecular flexibility index (Phi) is 4.40. The predicted octanol–water partition coefficient (Wildman–Crippen LogP) is 3.83. The van der Waals surface area contributed by atoms with Crippen LogP contribution >= 0.6 is 0 Å². The van der Waals surface area contributed by atoms with Crippen LogP contribution in [0, 0.1) is 5.82 Å². The van der Waals surface area contributed by atoms with E-state index in [1.54, 1.807) is 4.90 Å². The fourth-order valence-electron chi connectivity index (χ4n) is 3.80. The van der Waals surface area contributed by atoms with Crippen LogP contribution in [0.3, 0.4) is 0 Å². The number of hydrogen-bond donors (Lipinski definition) is 0. The van der Waals surface area contributed by atoms with E-state index >= 15 is 0 Å². The summed E-state index contributed by atoms with van der Waals surface area (Å²) in [5.41, 5.74) is 1.99. The maximum absolute atomic E-state index is 13.5. The van der Waals surface area contributed by atoms with Gasteiger partial charge in [0.05, 0.1) is 5.76 Å². The molecule has 1 amide bonds. The number of fused-ring (bicyclic) bond motifs is 1. The molecule has 2 heterocycles. The van der Waals surface area contributed by atoms with Crippen molar-refractivity contribution in [3.8, 4) is 0 Å². The second-order valence-corrected chi connectivity index (χ2v) is 7.04. The van der Waals surface area contributed by atoms with E-state index < -0.39 is 12.5 Å². The number of carbonyl (C=O) groups is 2. The molecule has 2 saturated heterocycles. The molecule has 0 bridgehead atoms. The summed E-state index contributed by atoms with van der Waals surface area (Å²) in [6.07, 6.45) is 0.525. The summed E-state index contributed by atoms with van der Waals surface area (Å²) in [5, 5.41) is 0. The lowest BCUT2D eigenvalue weighted by atomic mass is 9.47. The molecule has 4 rings (SSSR count). The topological polar surface area (TPSA) is 55.8 Å². The molecule has 0 radical (unpaired) electrons. The summed E-state index contributed by atoms with van der Waals surface area (Å²) < 4.78 is 11.2. The minimum absolute atomic E-state index is 0.120. The molecule has 0 aliphatic carbocycles. The molecule has 0 spiro atoms. The Hall–Kier alpha value is -3.15. The number of rotatable bonds is 5. The highest BCUT2D eigenvalue weighted by Crippen LogP contribution is 2.45. The highest BCUT2D eigenvalue weighted by molar-refractivity contribution is 7.03. The molecule has 6 heteroatoms. The zero-order valence-corrected chi connectivity index (χ0v) is 15.0. The largest absolute Gasteiger partial charge is 0.640 e. The molecule has 2 aliphatic rings. The van der Waals surface area contributed by atoms with Gasteiger partial charge in [-0.05, 0) is 11.1 Å². The van der Waals surface area contributed by atoms with Crippen LogP contribution in [0.5, 0.6) is 0 Å². The molecule has 0 aromatic heterocycles. The molecule has 2 aromatic carbocycles. The van der Waals surface area contributed by atoms with Gasteiger partial charge in [-0.2, -0.15) is 0 Å². The monoisotopic (exact) mass is 361 g/mol. The van der Waals surface area contributed by atoms with Gasteiger partial charge in [-0.15, -0.1) is 0 Å². The first-order chi connectivity index (χ1) is 13.1. The van der Waals surface area contributed by atoms with Crippen molar-refractivity contribution in [1.29, 1.82) is 0 Å². The fraction of sp³-hybridized carbons (Fsp3) is 0.190. The van der Waals surface area contributed by atoms with E-state index in [0.29, 0.717) is 31.1 Å². The van der Waals surface area contributed by atoms with Crippen LogP contribution in [0.25, 0.3) is 0 Å². The number of amides is 1. The van der Waals surface area contributed by atoms with Gasteiger partial charge in [-0.3, -0.25) is 4.79 Å². The SMILES string of the molecule is C=C1C[C+]2CC(=O)O[B-]2(C(=O)N(Cc2ccccc2)Cc2ccccc2)O1. The Balaban J connectivity index is 1.65. The van der Waals surface area contributed by atoms with Crippen molar-refractivity contribution in [3.05, 3.63) is 89.9 Å². The lowest BCUT2D eigenvalue weighted by Gasteiger charge is -2.32. The third-order valence-electron chi connectivity index (χ3n) is 5.03. The van der Waals surface area contributed by atoms with E-state index in [-0.39, 0.29) is 12.2 Å². The smallest absolute Gasteiger partial charge is 0.637 e. The Morgan fingerprint density at radius 3 is 2.07 bits per heavy atom. The van der Waals surface area contributed by atoms with E-state index in [4.69, 9.17) is 9.31 Å². The lowest BCUT2D eigenvalue weighted by Crippen LogP contribution is -2.55. The lowest BCUT2D eigenvalue weighted by molar-refractivity contribution is -0.133. The summed E-state index contributed by atoms with van der Waals surface area (Å²) in [5.74, 6) is 0.457. The standard InChI is InChI=1S/C21H20BNO4/c1-16-12-19-13-20(24)27-22(19,26-16)21(25)23(14-17-8-4-2-5-9-17)15-18-10-6-3-7-11-18/h2-11H,1,12-15H2. The quantitative estimate of drug-likeness (QED) is 0.600. The van der Waals surface area contributed by atoms with Crippen molar-refractivity contribution in [2.24, 2.45) is 0 Å². The van der Waals surface area contributed by atoms with Crippen LogP contribution in [0.4, 0.5) is 4.79 Å². The predicted molar refractivity (Wildman–Crippen MR) is 102 cm³/mol. The molecular weight excluding hydrogens is 341 g/mol. The zero-order valence-electron chi connectivity index (χ0n) is 15.0. The molecule has 2 aromatic rings. The van der Waals surface area contributed by atoms with E-state index in [0.717, 1.165) is 11.1 Å². The van der Waals surface area contributed by atoms with E-state index in [9.17, 15) is 9.59 Å². The molecule has 27 heavy (non-hydrogen) atoms. The molecule has 5 nitrogen and oxygen atoms in total. The Labute approximate surface area is 158 Å². The van der Waals surface area contributed by atoms with Crippen molar-refractivity contribution >= 4 is 18.3 Å². The van der Waals surface area contributed by atoms with Crippen molar-refractivity contribution in [2.75, 3.05) is 0 Å². The van der Waals surface area contributed by atoms with Crippen LogP contribution < -0.4 is 0 Å². The third-order valence-corrected chi connectivity index (χ3v) is 5.03. The van der Waals surface area contributed by atoms with Crippen LogP contribution in [-0.4, -0.2) is 23.2 Å². The minimum atomic E-state index is -2.46. The normalized spacial score (nSPS) is 20.8. The van der Waals surface area contributed by atoms with Crippen molar-refractivity contribution in [3.63, 3.8) is 0 Å². The second-order valence-electron chi connectivity index (χ2n) is 7.04. The summed E-state index contributed by atoms with van der Waals surface area (Å²) in [6.45, 7) is 2.17. The highest BCUT2D eigenvalue weighted by atomic mass is 16.6. The summed E-state index contributed by atoms with van der Waals surface area (Å²) in [4.78, 5) is 27.1. The molecule has 0 saturated carbocycles. The highest BCUT2D eigenvalue weighted by Gasteiger charge is 2.69. The summed E-state index contributed by atoms with van der Waals surface area (Å²) in [6, 6.07) is 19.5. The van der Waals surface area contributed by atoms with Gasteiger partial charge >= 0.3 is 12.5 Å². The van der Waals surface area contributed by atoms with E-state index in [1.807, 2.05) is 60.7 Å². The fourth-order valence-corrected chi connectivity index (χ4v) is 3.80. The Morgan fingerprint density at radius 2 is 1.52 bits per heavy atom. The maximum atomic E-state index is 13.5. The molecular formula is C21H20BNO4. The molecule has 1 unspecified atom stereocenters. The molecule has 1 atom stereocenters. The number of nitrogens with zero attached hydrogens (tertiary/aromatic N) is 1. The van der Waals surface area contributed by atoms with E-state index in [1.165, 1.54) is 0 Å². The van der Waals surface area contributed by atoms with Gasteiger partial charge < -0.3 is 19.0 Å². The number of allylic oxidation sites excluding steroid dienone is 1. The number of benzene rings is 2. The molecule has 0 N–H and O–H groups in total. The second kappa shape index (κ2) is 6.87. The number of carbonyl (C=O) groups excluding carboxylic acids is 2. The summed E-state index contributed by atoms with van der Waals surface area (Å²) in [7, 11) is 0. The van der Waals surface area contributed by atoms with Gasteiger partial charge in [-0.25, -0.2) is 0 Å². The third kappa shape index (κ3) is 3.30. The number of hydrogen-bond acceptors (Lipinski definition) is 4. The molecule has 136 valence electrons. The van der Waals surface area contributed by atoms with Crippen LogP contribution in [0.1, 0.15) is 24.0 Å². The van der Waals surface area contributed by atoms with Gasteiger partial charge in [0.2, 0.25) is 5.81 Å². The zero-order chi connectivity index (χ0) is 18.9. The van der Waals surface area contributed by atoms with Gasteiger partial charge in [0.15, 0.2) is 0 Å². The minimum Gasteiger partial charge on any atom is -0.637 e. The molecule has 2 aliphatic heterocycles. The first kappa shape index (κ1) is 17.3. The van der Waals surface area contributed by atoms with Gasteiger partial charge in [0, 0.05) is 18.9 Å². The average molecular weight is 361 g/mol. The van der Waals surface area contributed by atoms with Crippen molar-refractivity contribution < 1.29 is 18.9 Å². The van der Waals surface area contributed by atoms with Crippen LogP contribution in [-0.2, 0) is 27.2 Å². The summed E-state index contributed by atoms with van der Waals surface area (Å²) >= 11 is 0. The van der Waals surface area contributed by atoms with Gasteiger partial charge in [0.1, 0.15) is 12.8 Å². The maximum Gasteiger partial charge on any atom is 0.640 e. The van der Waals surface area contributed by atoms with Gasteiger partial charge in [0.25, 0.3) is 0 Å².